The largest absolute Gasteiger partial charge is 0.378 e. The van der Waals surface area contributed by atoms with Gasteiger partial charge in [0, 0.05) is 6.61 Å². The first-order chi connectivity index (χ1) is 4.70. The summed E-state index contributed by atoms with van der Waals surface area (Å²) in [6, 6.07) is 0. The van der Waals surface area contributed by atoms with Crippen molar-refractivity contribution in [1.29, 1.82) is 0 Å². The molecule has 0 radical (unpaired) electrons. The highest BCUT2D eigenvalue weighted by molar-refractivity contribution is 4.76. The standard InChI is InChI=1S/C9H18O/c1-7(2)10-6-9-5-4-8(9)3/h7-9H,4-6H2,1-3H3. The van der Waals surface area contributed by atoms with Crippen molar-refractivity contribution >= 4 is 0 Å². The number of hydrogen-bond donors (Lipinski definition) is 0. The Morgan fingerprint density at radius 1 is 1.40 bits per heavy atom. The molecule has 0 aromatic heterocycles. The van der Waals surface area contributed by atoms with E-state index in [4.69, 9.17) is 4.74 Å². The third-order valence-electron chi connectivity index (χ3n) is 2.44. The lowest BCUT2D eigenvalue weighted by atomic mass is 9.75. The predicted molar refractivity (Wildman–Crippen MR) is 43.0 cm³/mol. The monoisotopic (exact) mass is 142 g/mol. The molecule has 0 bridgehead atoms. The smallest absolute Gasteiger partial charge is 0.0519 e. The molecule has 0 heterocycles. The van der Waals surface area contributed by atoms with E-state index in [0.29, 0.717) is 6.10 Å². The summed E-state index contributed by atoms with van der Waals surface area (Å²) in [6.45, 7) is 7.50. The first-order valence-electron chi connectivity index (χ1n) is 4.31. The van der Waals surface area contributed by atoms with Crippen LogP contribution in [0.5, 0.6) is 0 Å². The SMILES string of the molecule is CC(C)OCC1CCC1C. The van der Waals surface area contributed by atoms with Gasteiger partial charge in [-0.3, -0.25) is 0 Å². The fourth-order valence-corrected chi connectivity index (χ4v) is 1.30. The van der Waals surface area contributed by atoms with Crippen LogP contribution in [0.1, 0.15) is 33.6 Å². The van der Waals surface area contributed by atoms with Crippen molar-refractivity contribution in [3.8, 4) is 0 Å². The lowest BCUT2D eigenvalue weighted by Crippen LogP contribution is -2.28. The Balaban J connectivity index is 2.03. The molecule has 1 rings (SSSR count). The van der Waals surface area contributed by atoms with Gasteiger partial charge in [0.25, 0.3) is 0 Å². The molecular weight excluding hydrogens is 124 g/mol. The molecule has 0 aromatic rings. The van der Waals surface area contributed by atoms with Gasteiger partial charge in [-0.1, -0.05) is 13.3 Å². The highest BCUT2D eigenvalue weighted by atomic mass is 16.5. The quantitative estimate of drug-likeness (QED) is 0.588. The topological polar surface area (TPSA) is 9.23 Å². The van der Waals surface area contributed by atoms with Gasteiger partial charge in [-0.05, 0) is 32.1 Å². The Kier molecular flexibility index (Phi) is 2.72. The molecule has 0 amide bonds. The Hall–Kier alpha value is -0.0400. The maximum atomic E-state index is 5.52. The van der Waals surface area contributed by atoms with Gasteiger partial charge in [0.05, 0.1) is 6.10 Å². The second-order valence-corrected chi connectivity index (χ2v) is 3.70. The zero-order valence-corrected chi connectivity index (χ0v) is 7.26. The third kappa shape index (κ3) is 1.98. The minimum absolute atomic E-state index is 0.410. The Morgan fingerprint density at radius 3 is 2.40 bits per heavy atom. The van der Waals surface area contributed by atoms with Crippen molar-refractivity contribution in [2.45, 2.75) is 39.7 Å². The van der Waals surface area contributed by atoms with Crippen molar-refractivity contribution < 1.29 is 4.74 Å². The zero-order chi connectivity index (χ0) is 7.56. The molecule has 1 nitrogen and oxygen atoms in total. The summed E-state index contributed by atoms with van der Waals surface area (Å²) in [5.41, 5.74) is 0. The molecule has 1 aliphatic carbocycles. The molecule has 0 aromatic carbocycles. The van der Waals surface area contributed by atoms with Gasteiger partial charge >= 0.3 is 0 Å². The lowest BCUT2D eigenvalue weighted by molar-refractivity contribution is 0.00608. The van der Waals surface area contributed by atoms with E-state index in [2.05, 4.69) is 20.8 Å². The molecule has 10 heavy (non-hydrogen) atoms. The van der Waals surface area contributed by atoms with E-state index in [1.54, 1.807) is 0 Å². The van der Waals surface area contributed by atoms with Crippen LogP contribution in [0.15, 0.2) is 0 Å². The molecule has 1 aliphatic rings. The molecule has 0 N–H and O–H groups in total. The van der Waals surface area contributed by atoms with Crippen molar-refractivity contribution in [3.05, 3.63) is 0 Å². The van der Waals surface area contributed by atoms with Crippen LogP contribution in [-0.2, 0) is 4.74 Å². The molecular formula is C9H18O. The van der Waals surface area contributed by atoms with E-state index < -0.39 is 0 Å². The van der Waals surface area contributed by atoms with E-state index in [1.165, 1.54) is 12.8 Å². The van der Waals surface area contributed by atoms with Gasteiger partial charge < -0.3 is 4.74 Å². The summed E-state index contributed by atoms with van der Waals surface area (Å²) < 4.78 is 5.52. The molecule has 0 spiro atoms. The van der Waals surface area contributed by atoms with Crippen LogP contribution in [-0.4, -0.2) is 12.7 Å². The summed E-state index contributed by atoms with van der Waals surface area (Å²) in [7, 11) is 0. The molecule has 60 valence electrons. The summed E-state index contributed by atoms with van der Waals surface area (Å²) in [5, 5.41) is 0. The molecule has 2 unspecified atom stereocenters. The van der Waals surface area contributed by atoms with Crippen molar-refractivity contribution in [3.63, 3.8) is 0 Å². The first-order valence-corrected chi connectivity index (χ1v) is 4.31. The predicted octanol–water partition coefficient (Wildman–Crippen LogP) is 2.46. The summed E-state index contributed by atoms with van der Waals surface area (Å²) in [5.74, 6) is 1.78. The normalized spacial score (nSPS) is 32.4. The molecule has 1 fully saturated rings. The van der Waals surface area contributed by atoms with Gasteiger partial charge in [0.1, 0.15) is 0 Å². The Bertz CT molecular complexity index is 98.9. The van der Waals surface area contributed by atoms with Crippen molar-refractivity contribution in [2.24, 2.45) is 11.8 Å². The van der Waals surface area contributed by atoms with Gasteiger partial charge in [0.15, 0.2) is 0 Å². The van der Waals surface area contributed by atoms with E-state index in [0.717, 1.165) is 18.4 Å². The number of hydrogen-bond acceptors (Lipinski definition) is 1. The highest BCUT2D eigenvalue weighted by Gasteiger charge is 2.26. The lowest BCUT2D eigenvalue weighted by Gasteiger charge is -2.33. The van der Waals surface area contributed by atoms with Crippen LogP contribution >= 0.6 is 0 Å². The van der Waals surface area contributed by atoms with E-state index in [9.17, 15) is 0 Å². The van der Waals surface area contributed by atoms with Crippen molar-refractivity contribution in [2.75, 3.05) is 6.61 Å². The summed E-state index contributed by atoms with van der Waals surface area (Å²) in [4.78, 5) is 0. The molecule has 1 saturated carbocycles. The molecule has 1 heteroatoms. The molecule has 2 atom stereocenters. The van der Waals surface area contributed by atoms with Crippen LogP contribution in [0, 0.1) is 11.8 Å². The van der Waals surface area contributed by atoms with E-state index in [1.807, 2.05) is 0 Å². The van der Waals surface area contributed by atoms with E-state index >= 15 is 0 Å². The van der Waals surface area contributed by atoms with E-state index in [-0.39, 0.29) is 0 Å². The van der Waals surface area contributed by atoms with Crippen LogP contribution in [0.4, 0.5) is 0 Å². The average molecular weight is 142 g/mol. The maximum Gasteiger partial charge on any atom is 0.0519 e. The number of rotatable bonds is 3. The first kappa shape index (κ1) is 8.06. The fourth-order valence-electron chi connectivity index (χ4n) is 1.30. The van der Waals surface area contributed by atoms with Gasteiger partial charge in [-0.2, -0.15) is 0 Å². The Labute approximate surface area is 63.8 Å². The second kappa shape index (κ2) is 3.38. The number of ether oxygens (including phenoxy) is 1. The van der Waals surface area contributed by atoms with Crippen LogP contribution in [0.25, 0.3) is 0 Å². The maximum absolute atomic E-state index is 5.52. The van der Waals surface area contributed by atoms with Crippen LogP contribution in [0.2, 0.25) is 0 Å². The minimum atomic E-state index is 0.410. The minimum Gasteiger partial charge on any atom is -0.378 e. The third-order valence-corrected chi connectivity index (χ3v) is 2.44. The second-order valence-electron chi connectivity index (χ2n) is 3.70. The average Bonchev–Trinajstić information content (AvgIpc) is 1.84. The van der Waals surface area contributed by atoms with Crippen LogP contribution in [0.3, 0.4) is 0 Å². The van der Waals surface area contributed by atoms with Crippen LogP contribution < -0.4 is 0 Å². The molecule has 0 aliphatic heterocycles. The van der Waals surface area contributed by atoms with Gasteiger partial charge in [-0.15, -0.1) is 0 Å². The summed E-state index contributed by atoms with van der Waals surface area (Å²) >= 11 is 0. The van der Waals surface area contributed by atoms with Crippen molar-refractivity contribution in [1.82, 2.24) is 0 Å². The Morgan fingerprint density at radius 2 is 2.10 bits per heavy atom. The van der Waals surface area contributed by atoms with Gasteiger partial charge in [0.2, 0.25) is 0 Å². The highest BCUT2D eigenvalue weighted by Crippen LogP contribution is 2.33. The fraction of sp³-hybridized carbons (Fsp3) is 1.00. The zero-order valence-electron chi connectivity index (χ0n) is 7.26. The van der Waals surface area contributed by atoms with Gasteiger partial charge in [-0.25, -0.2) is 0 Å². The summed E-state index contributed by atoms with van der Waals surface area (Å²) in [6.07, 6.45) is 3.20. The molecule has 0 saturated heterocycles.